The summed E-state index contributed by atoms with van der Waals surface area (Å²) in [5.41, 5.74) is -0.660. The number of aromatic nitrogens is 1. The monoisotopic (exact) mass is 258 g/mol. The summed E-state index contributed by atoms with van der Waals surface area (Å²) in [6, 6.07) is 0. The molecular formula is C10H14N2O4S. The van der Waals surface area contributed by atoms with Crippen molar-refractivity contribution in [3.63, 3.8) is 0 Å². The van der Waals surface area contributed by atoms with Gasteiger partial charge < -0.3 is 9.84 Å². The van der Waals surface area contributed by atoms with Crippen LogP contribution in [0, 0.1) is 6.92 Å². The van der Waals surface area contributed by atoms with E-state index in [0.717, 1.165) is 11.3 Å². The number of ether oxygens (including phenoxy) is 1. The number of carbonyl (C=O) groups excluding carboxylic acids is 1. The minimum atomic E-state index is -1.11. The number of anilines is 1. The standard InChI is InChI=1S/C10H14N2O4S/c1-5-6(7(13)14)11-8(17-5)12-9(15)16-10(2,3)4/h1-4H3,(H,13,14)(H,11,12,15). The molecule has 6 nitrogen and oxygen atoms in total. The lowest BCUT2D eigenvalue weighted by atomic mass is 10.2. The molecule has 0 bridgehead atoms. The van der Waals surface area contributed by atoms with E-state index in [0.29, 0.717) is 4.88 Å². The molecule has 0 aromatic carbocycles. The van der Waals surface area contributed by atoms with Gasteiger partial charge >= 0.3 is 12.1 Å². The Morgan fingerprint density at radius 2 is 2.00 bits per heavy atom. The van der Waals surface area contributed by atoms with Gasteiger partial charge in [0, 0.05) is 4.88 Å². The van der Waals surface area contributed by atoms with Crippen LogP contribution in [0.15, 0.2) is 0 Å². The van der Waals surface area contributed by atoms with Crippen LogP contribution >= 0.6 is 11.3 Å². The predicted octanol–water partition coefficient (Wildman–Crippen LogP) is 2.50. The number of carboxylic acids is 1. The van der Waals surface area contributed by atoms with E-state index in [4.69, 9.17) is 9.84 Å². The molecule has 0 spiro atoms. The lowest BCUT2D eigenvalue weighted by Gasteiger charge is -2.18. The van der Waals surface area contributed by atoms with Crippen molar-refractivity contribution >= 4 is 28.5 Å². The first-order valence-corrected chi connectivity index (χ1v) is 5.71. The van der Waals surface area contributed by atoms with Crippen LogP contribution in [0.5, 0.6) is 0 Å². The zero-order chi connectivity index (χ0) is 13.2. The van der Waals surface area contributed by atoms with Gasteiger partial charge in [-0.05, 0) is 27.7 Å². The lowest BCUT2D eigenvalue weighted by Crippen LogP contribution is -2.27. The number of rotatable bonds is 2. The van der Waals surface area contributed by atoms with Crippen LogP contribution in [-0.4, -0.2) is 27.8 Å². The lowest BCUT2D eigenvalue weighted by molar-refractivity contribution is 0.0632. The van der Waals surface area contributed by atoms with E-state index in [1.807, 2.05) is 0 Å². The Balaban J connectivity index is 2.73. The van der Waals surface area contributed by atoms with Crippen LogP contribution in [0.25, 0.3) is 0 Å². The van der Waals surface area contributed by atoms with Crippen LogP contribution in [0.1, 0.15) is 36.1 Å². The fourth-order valence-electron chi connectivity index (χ4n) is 1.04. The average molecular weight is 258 g/mol. The highest BCUT2D eigenvalue weighted by Gasteiger charge is 2.19. The second-order valence-electron chi connectivity index (χ2n) is 4.36. The zero-order valence-electron chi connectivity index (χ0n) is 10.0. The van der Waals surface area contributed by atoms with Crippen molar-refractivity contribution in [3.8, 4) is 0 Å². The van der Waals surface area contributed by atoms with Crippen molar-refractivity contribution in [1.82, 2.24) is 4.98 Å². The predicted molar refractivity (Wildman–Crippen MR) is 63.7 cm³/mol. The van der Waals surface area contributed by atoms with Crippen molar-refractivity contribution in [2.45, 2.75) is 33.3 Å². The largest absolute Gasteiger partial charge is 0.476 e. The van der Waals surface area contributed by atoms with Crippen LogP contribution in [0.2, 0.25) is 0 Å². The van der Waals surface area contributed by atoms with Gasteiger partial charge in [-0.3, -0.25) is 5.32 Å². The van der Waals surface area contributed by atoms with E-state index in [-0.39, 0.29) is 10.8 Å². The third-order valence-corrected chi connectivity index (χ3v) is 2.49. The molecular weight excluding hydrogens is 244 g/mol. The summed E-state index contributed by atoms with van der Waals surface area (Å²) >= 11 is 1.09. The number of carboxylic acid groups (broad SMARTS) is 1. The normalized spacial score (nSPS) is 11.1. The van der Waals surface area contributed by atoms with E-state index in [1.165, 1.54) is 0 Å². The van der Waals surface area contributed by atoms with Gasteiger partial charge in [-0.1, -0.05) is 0 Å². The van der Waals surface area contributed by atoms with Gasteiger partial charge in [0.15, 0.2) is 10.8 Å². The number of carbonyl (C=O) groups is 2. The summed E-state index contributed by atoms with van der Waals surface area (Å²) in [6.45, 7) is 6.84. The molecule has 0 aliphatic heterocycles. The van der Waals surface area contributed by atoms with Gasteiger partial charge in [0.1, 0.15) is 5.60 Å². The number of hydrogen-bond acceptors (Lipinski definition) is 5. The highest BCUT2D eigenvalue weighted by Crippen LogP contribution is 2.22. The second kappa shape index (κ2) is 4.70. The Bertz CT molecular complexity index is 448. The molecule has 0 saturated heterocycles. The molecule has 94 valence electrons. The van der Waals surface area contributed by atoms with Gasteiger partial charge in [-0.15, -0.1) is 11.3 Å². The molecule has 1 amide bonds. The van der Waals surface area contributed by atoms with Gasteiger partial charge in [0.2, 0.25) is 0 Å². The number of amides is 1. The maximum absolute atomic E-state index is 11.4. The van der Waals surface area contributed by atoms with Crippen molar-refractivity contribution in [2.75, 3.05) is 5.32 Å². The molecule has 1 aromatic rings. The first-order valence-electron chi connectivity index (χ1n) is 4.90. The highest BCUT2D eigenvalue weighted by atomic mass is 32.1. The van der Waals surface area contributed by atoms with Crippen molar-refractivity contribution in [2.24, 2.45) is 0 Å². The third kappa shape index (κ3) is 4.03. The minimum Gasteiger partial charge on any atom is -0.476 e. The summed E-state index contributed by atoms with van der Waals surface area (Å²) in [7, 11) is 0. The molecule has 7 heteroatoms. The van der Waals surface area contributed by atoms with Gasteiger partial charge in [-0.25, -0.2) is 14.6 Å². The SMILES string of the molecule is Cc1sc(NC(=O)OC(C)(C)C)nc1C(=O)O. The molecule has 0 fully saturated rings. The van der Waals surface area contributed by atoms with Crippen molar-refractivity contribution in [1.29, 1.82) is 0 Å². The number of nitrogens with zero attached hydrogens (tertiary/aromatic N) is 1. The molecule has 2 N–H and O–H groups in total. The van der Waals surface area contributed by atoms with Gasteiger partial charge in [0.05, 0.1) is 0 Å². The Morgan fingerprint density at radius 1 is 1.41 bits per heavy atom. The quantitative estimate of drug-likeness (QED) is 0.850. The topological polar surface area (TPSA) is 88.5 Å². The Kier molecular flexibility index (Phi) is 3.72. The highest BCUT2D eigenvalue weighted by molar-refractivity contribution is 7.16. The van der Waals surface area contributed by atoms with E-state index < -0.39 is 17.7 Å². The molecule has 1 heterocycles. The van der Waals surface area contributed by atoms with Crippen LogP contribution < -0.4 is 5.32 Å². The summed E-state index contributed by atoms with van der Waals surface area (Å²) in [4.78, 5) is 26.5. The number of hydrogen-bond donors (Lipinski definition) is 2. The second-order valence-corrected chi connectivity index (χ2v) is 5.56. The maximum Gasteiger partial charge on any atom is 0.413 e. The number of thiazole rings is 1. The Morgan fingerprint density at radius 3 is 2.41 bits per heavy atom. The molecule has 0 radical (unpaired) electrons. The number of aromatic carboxylic acids is 1. The summed E-state index contributed by atoms with van der Waals surface area (Å²) in [6.07, 6.45) is -0.650. The van der Waals surface area contributed by atoms with E-state index in [2.05, 4.69) is 10.3 Å². The molecule has 0 atom stereocenters. The maximum atomic E-state index is 11.4. The Labute approximate surface area is 103 Å². The van der Waals surface area contributed by atoms with E-state index in [9.17, 15) is 9.59 Å². The number of aryl methyl sites for hydroxylation is 1. The van der Waals surface area contributed by atoms with Crippen LogP contribution in [-0.2, 0) is 4.74 Å². The zero-order valence-corrected chi connectivity index (χ0v) is 10.8. The Hall–Kier alpha value is -1.63. The molecule has 0 aliphatic carbocycles. The van der Waals surface area contributed by atoms with Crippen LogP contribution in [0.3, 0.4) is 0 Å². The van der Waals surface area contributed by atoms with Gasteiger partial charge in [0.25, 0.3) is 0 Å². The summed E-state index contributed by atoms with van der Waals surface area (Å²) in [5, 5.41) is 11.4. The van der Waals surface area contributed by atoms with Crippen molar-refractivity contribution < 1.29 is 19.4 Å². The molecule has 0 saturated carbocycles. The summed E-state index contributed by atoms with van der Waals surface area (Å²) < 4.78 is 5.02. The first-order chi connectivity index (χ1) is 7.69. The minimum absolute atomic E-state index is 0.0546. The molecule has 1 rings (SSSR count). The fourth-order valence-corrected chi connectivity index (χ4v) is 1.83. The van der Waals surface area contributed by atoms with Gasteiger partial charge in [-0.2, -0.15) is 0 Å². The average Bonchev–Trinajstić information content (AvgIpc) is 2.42. The molecule has 0 aliphatic rings. The van der Waals surface area contributed by atoms with Crippen molar-refractivity contribution in [3.05, 3.63) is 10.6 Å². The molecule has 17 heavy (non-hydrogen) atoms. The first kappa shape index (κ1) is 13.4. The van der Waals surface area contributed by atoms with E-state index >= 15 is 0 Å². The third-order valence-electron chi connectivity index (χ3n) is 1.61. The van der Waals surface area contributed by atoms with E-state index in [1.54, 1.807) is 27.7 Å². The molecule has 0 unspecified atom stereocenters. The molecule has 1 aromatic heterocycles. The number of nitrogens with one attached hydrogen (secondary N) is 1. The van der Waals surface area contributed by atoms with Crippen LogP contribution in [0.4, 0.5) is 9.93 Å². The smallest absolute Gasteiger partial charge is 0.413 e. The summed E-state index contributed by atoms with van der Waals surface area (Å²) in [5.74, 6) is -1.11. The fraction of sp³-hybridized carbons (Fsp3) is 0.500.